The van der Waals surface area contributed by atoms with Gasteiger partial charge in [0.1, 0.15) is 0 Å². The lowest BCUT2D eigenvalue weighted by molar-refractivity contribution is 1.38. The van der Waals surface area contributed by atoms with E-state index in [-0.39, 0.29) is 0 Å². The predicted molar refractivity (Wildman–Crippen MR) is 33.9 cm³/mol. The number of hydrogen-bond acceptors (Lipinski definition) is 0. The second-order valence-corrected chi connectivity index (χ2v) is 1.28. The lowest BCUT2D eigenvalue weighted by Crippen LogP contribution is -1.52. The number of allylic oxidation sites excluding steroid dienone is 4. The minimum Gasteiger partial charge on any atom is -0.0914 e. The third-order valence-corrected chi connectivity index (χ3v) is 0.675. The molecule has 0 aromatic carbocycles. The molecule has 1 radical (unpaired) electrons. The zero-order valence-corrected chi connectivity index (χ0v) is 4.72. The van der Waals surface area contributed by atoms with Crippen molar-refractivity contribution in [2.75, 3.05) is 0 Å². The van der Waals surface area contributed by atoms with Gasteiger partial charge in [0.25, 0.3) is 0 Å². The van der Waals surface area contributed by atoms with E-state index in [9.17, 15) is 0 Å². The summed E-state index contributed by atoms with van der Waals surface area (Å²) in [5.74, 6) is 0. The molecule has 0 nitrogen and oxygen atoms in total. The Kier molecular flexibility index (Phi) is 5.07. The zero-order valence-electron chi connectivity index (χ0n) is 4.72. The standard InChI is InChI=1S/C7H11/c1-3-5-7-6-4-2/h3-6H,1,7H2,2H3/b5-3+,6-4+. The van der Waals surface area contributed by atoms with Gasteiger partial charge in [-0.05, 0) is 20.3 Å². The van der Waals surface area contributed by atoms with Crippen molar-refractivity contribution < 1.29 is 0 Å². The predicted octanol–water partition coefficient (Wildman–Crippen LogP) is 2.34. The van der Waals surface area contributed by atoms with Crippen molar-refractivity contribution >= 4 is 0 Å². The molecule has 0 spiro atoms. The highest BCUT2D eigenvalue weighted by atomic mass is 13.7. The summed E-state index contributed by atoms with van der Waals surface area (Å²) in [6, 6.07) is 0. The molecule has 0 aliphatic rings. The largest absolute Gasteiger partial charge is 0.0914 e. The summed E-state index contributed by atoms with van der Waals surface area (Å²) in [6.07, 6.45) is 8.95. The average Bonchev–Trinajstić information content (AvgIpc) is 1.69. The first-order chi connectivity index (χ1) is 3.41. The molecule has 0 amide bonds. The molecule has 0 unspecified atom stereocenters. The molecule has 39 valence electrons. The molecule has 0 aliphatic heterocycles. The van der Waals surface area contributed by atoms with E-state index in [0.717, 1.165) is 6.42 Å². The Morgan fingerprint density at radius 1 is 1.43 bits per heavy atom. The molecule has 0 N–H and O–H groups in total. The molecule has 0 aromatic rings. The SMILES string of the molecule is [CH2]/C=C/C/C=C/C. The molecule has 0 aromatic heterocycles. The van der Waals surface area contributed by atoms with Crippen molar-refractivity contribution in [2.45, 2.75) is 13.3 Å². The molecule has 0 aliphatic carbocycles. The van der Waals surface area contributed by atoms with Crippen LogP contribution >= 0.6 is 0 Å². The maximum absolute atomic E-state index is 3.54. The van der Waals surface area contributed by atoms with Gasteiger partial charge in [0.15, 0.2) is 0 Å². The Labute approximate surface area is 45.5 Å². The summed E-state index contributed by atoms with van der Waals surface area (Å²) in [6.45, 7) is 5.55. The first-order valence-electron chi connectivity index (χ1n) is 2.47. The van der Waals surface area contributed by atoms with Crippen molar-refractivity contribution in [2.24, 2.45) is 0 Å². The fraction of sp³-hybridized carbons (Fsp3) is 0.286. The van der Waals surface area contributed by atoms with Crippen LogP contribution in [0.2, 0.25) is 0 Å². The Balaban J connectivity index is 2.98. The smallest absolute Gasteiger partial charge is 0.0169 e. The average molecular weight is 95.2 g/mol. The summed E-state index contributed by atoms with van der Waals surface area (Å²) in [4.78, 5) is 0. The molecule has 0 saturated heterocycles. The molecule has 0 bridgehead atoms. The van der Waals surface area contributed by atoms with Crippen molar-refractivity contribution in [1.29, 1.82) is 0 Å². The van der Waals surface area contributed by atoms with Crippen LogP contribution in [0, 0.1) is 6.92 Å². The minimum atomic E-state index is 1.01. The molecule has 0 saturated carbocycles. The Morgan fingerprint density at radius 3 is 2.57 bits per heavy atom. The molecule has 0 heterocycles. The van der Waals surface area contributed by atoms with Crippen LogP contribution in [-0.2, 0) is 0 Å². The quantitative estimate of drug-likeness (QED) is 0.462. The lowest BCUT2D eigenvalue weighted by atomic mass is 10.3. The third kappa shape index (κ3) is 5.48. The molecular weight excluding hydrogens is 84.1 g/mol. The van der Waals surface area contributed by atoms with Crippen molar-refractivity contribution in [3.63, 3.8) is 0 Å². The molecule has 0 fully saturated rings. The van der Waals surface area contributed by atoms with Crippen LogP contribution in [0.3, 0.4) is 0 Å². The Bertz CT molecular complexity index is 58.1. The van der Waals surface area contributed by atoms with Gasteiger partial charge in [-0.1, -0.05) is 24.3 Å². The van der Waals surface area contributed by atoms with Gasteiger partial charge < -0.3 is 0 Å². The molecular formula is C7H11. The van der Waals surface area contributed by atoms with Gasteiger partial charge in [-0.3, -0.25) is 0 Å². The Hall–Kier alpha value is -0.520. The van der Waals surface area contributed by atoms with Gasteiger partial charge in [0.2, 0.25) is 0 Å². The summed E-state index contributed by atoms with van der Waals surface area (Å²) in [5, 5.41) is 0. The van der Waals surface area contributed by atoms with E-state index in [1.165, 1.54) is 0 Å². The summed E-state index contributed by atoms with van der Waals surface area (Å²) in [5.41, 5.74) is 0. The Morgan fingerprint density at radius 2 is 2.14 bits per heavy atom. The molecule has 7 heavy (non-hydrogen) atoms. The van der Waals surface area contributed by atoms with E-state index in [1.54, 1.807) is 6.08 Å². The van der Waals surface area contributed by atoms with E-state index in [1.807, 2.05) is 19.1 Å². The van der Waals surface area contributed by atoms with Crippen LogP contribution < -0.4 is 0 Å². The second-order valence-electron chi connectivity index (χ2n) is 1.28. The number of hydrogen-bond donors (Lipinski definition) is 0. The van der Waals surface area contributed by atoms with Crippen molar-refractivity contribution in [3.8, 4) is 0 Å². The third-order valence-electron chi connectivity index (χ3n) is 0.675. The summed E-state index contributed by atoms with van der Waals surface area (Å²) in [7, 11) is 0. The van der Waals surface area contributed by atoms with Crippen LogP contribution in [0.1, 0.15) is 13.3 Å². The van der Waals surface area contributed by atoms with Gasteiger partial charge in [0.05, 0.1) is 0 Å². The maximum atomic E-state index is 3.54. The van der Waals surface area contributed by atoms with Crippen LogP contribution in [0.5, 0.6) is 0 Å². The summed E-state index contributed by atoms with van der Waals surface area (Å²) < 4.78 is 0. The molecule has 0 rings (SSSR count). The van der Waals surface area contributed by atoms with Crippen LogP contribution in [-0.4, -0.2) is 0 Å². The summed E-state index contributed by atoms with van der Waals surface area (Å²) >= 11 is 0. The van der Waals surface area contributed by atoms with Crippen LogP contribution in [0.4, 0.5) is 0 Å². The van der Waals surface area contributed by atoms with E-state index < -0.39 is 0 Å². The fourth-order valence-electron chi connectivity index (χ4n) is 0.311. The highest BCUT2D eigenvalue weighted by molar-refractivity contribution is 4.92. The first kappa shape index (κ1) is 6.48. The topological polar surface area (TPSA) is 0 Å². The number of rotatable bonds is 2. The monoisotopic (exact) mass is 95.1 g/mol. The van der Waals surface area contributed by atoms with Gasteiger partial charge in [0, 0.05) is 0 Å². The lowest BCUT2D eigenvalue weighted by Gasteiger charge is -1.73. The first-order valence-corrected chi connectivity index (χ1v) is 2.47. The maximum Gasteiger partial charge on any atom is -0.0169 e. The van der Waals surface area contributed by atoms with E-state index in [4.69, 9.17) is 0 Å². The molecule has 0 atom stereocenters. The molecule has 0 heteroatoms. The van der Waals surface area contributed by atoms with Crippen molar-refractivity contribution in [1.82, 2.24) is 0 Å². The zero-order chi connectivity index (χ0) is 5.54. The van der Waals surface area contributed by atoms with Crippen LogP contribution in [0.25, 0.3) is 0 Å². The highest BCUT2D eigenvalue weighted by Crippen LogP contribution is 1.82. The van der Waals surface area contributed by atoms with Gasteiger partial charge in [-0.25, -0.2) is 0 Å². The van der Waals surface area contributed by atoms with E-state index in [2.05, 4.69) is 13.0 Å². The van der Waals surface area contributed by atoms with E-state index in [0.29, 0.717) is 0 Å². The fourth-order valence-corrected chi connectivity index (χ4v) is 0.311. The highest BCUT2D eigenvalue weighted by Gasteiger charge is 1.61. The van der Waals surface area contributed by atoms with E-state index >= 15 is 0 Å². The van der Waals surface area contributed by atoms with Crippen LogP contribution in [0.15, 0.2) is 24.3 Å². The van der Waals surface area contributed by atoms with Crippen molar-refractivity contribution in [3.05, 3.63) is 31.2 Å². The normalized spacial score (nSPS) is 11.7. The van der Waals surface area contributed by atoms with Gasteiger partial charge >= 0.3 is 0 Å². The van der Waals surface area contributed by atoms with Gasteiger partial charge in [-0.15, -0.1) is 0 Å². The minimum absolute atomic E-state index is 1.01. The van der Waals surface area contributed by atoms with Gasteiger partial charge in [-0.2, -0.15) is 0 Å². The second kappa shape index (κ2) is 5.48.